The molecule has 3 rings (SSSR count). The third-order valence-electron chi connectivity index (χ3n) is 4.88. The Bertz CT molecular complexity index is 1270. The SMILES string of the molecule is [C-]#[N+]c1cc(C(F)(F)F)ccc1S(=O)(=O)N1C/C(=C\C)[C@@H](Oc2ccc(C#N)c(F)c2)C1. The fraction of sp³-hybridized carbons (Fsp3) is 0.238. The minimum Gasteiger partial charge on any atom is -0.485 e. The topological polar surface area (TPSA) is 74.8 Å². The maximum absolute atomic E-state index is 13.9. The number of alkyl halides is 3. The Balaban J connectivity index is 1.90. The highest BCUT2D eigenvalue weighted by molar-refractivity contribution is 7.89. The molecule has 0 radical (unpaired) electrons. The zero-order valence-electron chi connectivity index (χ0n) is 16.5. The largest absolute Gasteiger partial charge is 0.485 e. The highest BCUT2D eigenvalue weighted by Crippen LogP contribution is 2.37. The summed E-state index contributed by atoms with van der Waals surface area (Å²) in [5.74, 6) is -0.706. The molecule has 2 aromatic carbocycles. The van der Waals surface area contributed by atoms with Crippen molar-refractivity contribution in [1.29, 1.82) is 5.26 Å². The smallest absolute Gasteiger partial charge is 0.415 e. The highest BCUT2D eigenvalue weighted by atomic mass is 32.2. The third-order valence-corrected chi connectivity index (χ3v) is 6.74. The van der Waals surface area contributed by atoms with E-state index in [0.717, 1.165) is 16.4 Å². The van der Waals surface area contributed by atoms with Crippen molar-refractivity contribution in [1.82, 2.24) is 4.31 Å². The summed E-state index contributed by atoms with van der Waals surface area (Å²) in [4.78, 5) is 2.42. The van der Waals surface area contributed by atoms with Crippen molar-refractivity contribution in [3.8, 4) is 11.8 Å². The van der Waals surface area contributed by atoms with E-state index < -0.39 is 44.3 Å². The van der Waals surface area contributed by atoms with Crippen molar-refractivity contribution in [2.24, 2.45) is 0 Å². The van der Waals surface area contributed by atoms with Gasteiger partial charge in [0, 0.05) is 18.2 Å². The van der Waals surface area contributed by atoms with Crippen LogP contribution in [0.5, 0.6) is 5.75 Å². The fourth-order valence-corrected chi connectivity index (χ4v) is 4.75. The lowest BCUT2D eigenvalue weighted by Gasteiger charge is -2.18. The van der Waals surface area contributed by atoms with E-state index in [1.54, 1.807) is 19.1 Å². The summed E-state index contributed by atoms with van der Waals surface area (Å²) in [5.41, 5.74) is -1.38. The summed E-state index contributed by atoms with van der Waals surface area (Å²) in [6.07, 6.45) is -3.88. The number of halogens is 4. The van der Waals surface area contributed by atoms with E-state index in [2.05, 4.69) is 4.85 Å². The maximum atomic E-state index is 13.9. The van der Waals surface area contributed by atoms with Crippen LogP contribution in [0.1, 0.15) is 18.1 Å². The fourth-order valence-electron chi connectivity index (χ4n) is 3.21. The summed E-state index contributed by atoms with van der Waals surface area (Å²) in [6, 6.07) is 7.18. The molecule has 0 N–H and O–H groups in total. The number of sulfonamides is 1. The molecule has 0 unspecified atom stereocenters. The molecule has 2 aromatic rings. The van der Waals surface area contributed by atoms with Gasteiger partial charge in [-0.25, -0.2) is 17.7 Å². The van der Waals surface area contributed by atoms with Crippen LogP contribution >= 0.6 is 0 Å². The van der Waals surface area contributed by atoms with E-state index in [0.29, 0.717) is 17.7 Å². The van der Waals surface area contributed by atoms with Gasteiger partial charge in [-0.15, -0.1) is 0 Å². The van der Waals surface area contributed by atoms with E-state index in [9.17, 15) is 26.0 Å². The first kappa shape index (κ1) is 23.3. The Morgan fingerprint density at radius 3 is 2.56 bits per heavy atom. The molecule has 1 atom stereocenters. The van der Waals surface area contributed by atoms with Gasteiger partial charge in [-0.2, -0.15) is 22.7 Å². The number of hydrogen-bond donors (Lipinski definition) is 0. The van der Waals surface area contributed by atoms with E-state index >= 15 is 0 Å². The molecule has 0 amide bonds. The second kappa shape index (κ2) is 8.61. The van der Waals surface area contributed by atoms with Gasteiger partial charge in [-0.1, -0.05) is 18.2 Å². The predicted octanol–water partition coefficient (Wildman–Crippen LogP) is 4.67. The van der Waals surface area contributed by atoms with Crippen LogP contribution in [0.3, 0.4) is 0 Å². The van der Waals surface area contributed by atoms with E-state index in [1.807, 2.05) is 0 Å². The molecular weight excluding hydrogens is 450 g/mol. The van der Waals surface area contributed by atoms with Gasteiger partial charge in [-0.05, 0) is 30.7 Å². The Morgan fingerprint density at radius 2 is 2.00 bits per heavy atom. The summed E-state index contributed by atoms with van der Waals surface area (Å²) in [6.45, 7) is 8.49. The van der Waals surface area contributed by atoms with Crippen molar-refractivity contribution in [3.63, 3.8) is 0 Å². The molecule has 1 saturated heterocycles. The zero-order chi connectivity index (χ0) is 23.7. The first-order chi connectivity index (χ1) is 15.0. The number of benzene rings is 2. The van der Waals surface area contributed by atoms with Gasteiger partial charge in [0.15, 0.2) is 0 Å². The lowest BCUT2D eigenvalue weighted by atomic mass is 10.2. The van der Waals surface area contributed by atoms with E-state index in [-0.39, 0.29) is 24.4 Å². The molecule has 1 heterocycles. The summed E-state index contributed by atoms with van der Waals surface area (Å²) < 4.78 is 85.5. The average molecular weight is 465 g/mol. The van der Waals surface area contributed by atoms with Gasteiger partial charge in [0.25, 0.3) is 0 Å². The average Bonchev–Trinajstić information content (AvgIpc) is 3.16. The number of hydrogen-bond acceptors (Lipinski definition) is 4. The predicted molar refractivity (Wildman–Crippen MR) is 106 cm³/mol. The number of ether oxygens (including phenoxy) is 1. The lowest BCUT2D eigenvalue weighted by Crippen LogP contribution is -2.31. The minimum absolute atomic E-state index is 0.0847. The van der Waals surface area contributed by atoms with Gasteiger partial charge in [0.2, 0.25) is 15.7 Å². The Hall–Kier alpha value is -3.41. The third kappa shape index (κ3) is 4.44. The monoisotopic (exact) mass is 465 g/mol. The van der Waals surface area contributed by atoms with Gasteiger partial charge < -0.3 is 4.74 Å². The number of nitriles is 1. The van der Waals surface area contributed by atoms with Crippen molar-refractivity contribution in [2.75, 3.05) is 13.1 Å². The van der Waals surface area contributed by atoms with Crippen LogP contribution in [0.4, 0.5) is 23.2 Å². The minimum atomic E-state index is -4.72. The first-order valence-electron chi connectivity index (χ1n) is 9.11. The van der Waals surface area contributed by atoms with Crippen molar-refractivity contribution in [3.05, 3.63) is 76.4 Å². The van der Waals surface area contributed by atoms with Crippen LogP contribution in [0, 0.1) is 23.7 Å². The molecule has 32 heavy (non-hydrogen) atoms. The normalized spacial score (nSPS) is 18.3. The molecule has 0 aliphatic carbocycles. The van der Waals surface area contributed by atoms with Gasteiger partial charge in [0.05, 0.1) is 23.6 Å². The van der Waals surface area contributed by atoms with E-state index in [4.69, 9.17) is 16.6 Å². The van der Waals surface area contributed by atoms with Crippen LogP contribution in [0.15, 0.2) is 52.9 Å². The van der Waals surface area contributed by atoms with Crippen molar-refractivity contribution in [2.45, 2.75) is 24.1 Å². The molecule has 0 spiro atoms. The summed E-state index contributed by atoms with van der Waals surface area (Å²) in [5, 5.41) is 8.81. The first-order valence-corrected chi connectivity index (χ1v) is 10.6. The Labute approximate surface area is 181 Å². The molecule has 0 saturated carbocycles. The van der Waals surface area contributed by atoms with Crippen molar-refractivity contribution >= 4 is 15.7 Å². The second-order valence-electron chi connectivity index (χ2n) is 6.81. The molecule has 0 aromatic heterocycles. The summed E-state index contributed by atoms with van der Waals surface area (Å²) in [7, 11) is -4.32. The van der Waals surface area contributed by atoms with Gasteiger partial charge in [0.1, 0.15) is 23.7 Å². The number of allylic oxidation sites excluding steroid dienone is 1. The zero-order valence-corrected chi connectivity index (χ0v) is 17.3. The Morgan fingerprint density at radius 1 is 1.28 bits per heavy atom. The lowest BCUT2D eigenvalue weighted by molar-refractivity contribution is -0.137. The van der Waals surface area contributed by atoms with Crippen LogP contribution < -0.4 is 4.74 Å². The molecule has 6 nitrogen and oxygen atoms in total. The number of nitrogens with zero attached hydrogens (tertiary/aromatic N) is 3. The standard InChI is InChI=1S/C21H15F4N3O3S/c1-3-13-11-28(12-19(13)31-16-6-4-14(10-26)17(22)9-16)32(29,30)20-7-5-15(21(23,24)25)8-18(20)27-2/h3-9,19H,11-12H2,1H3/b13-3+/t19-/m0/s1. The maximum Gasteiger partial charge on any atom is 0.415 e. The van der Waals surface area contributed by atoms with E-state index in [1.165, 1.54) is 12.1 Å². The molecule has 0 bridgehead atoms. The summed E-state index contributed by atoms with van der Waals surface area (Å²) >= 11 is 0. The molecular formula is C21H15F4N3O3S. The van der Waals surface area contributed by atoms with Crippen LogP contribution in [0.25, 0.3) is 4.85 Å². The highest BCUT2D eigenvalue weighted by Gasteiger charge is 2.39. The van der Waals surface area contributed by atoms with Gasteiger partial charge in [-0.3, -0.25) is 0 Å². The molecule has 1 aliphatic rings. The van der Waals surface area contributed by atoms with Crippen molar-refractivity contribution < 1.29 is 30.7 Å². The molecule has 1 aliphatic heterocycles. The molecule has 1 fully saturated rings. The van der Waals surface area contributed by atoms with Crippen LogP contribution in [-0.4, -0.2) is 31.9 Å². The second-order valence-corrected chi connectivity index (χ2v) is 8.72. The van der Waals surface area contributed by atoms with Gasteiger partial charge >= 0.3 is 6.18 Å². The van der Waals surface area contributed by atoms with Crippen LogP contribution in [-0.2, 0) is 16.2 Å². The Kier molecular flexibility index (Phi) is 6.26. The molecule has 11 heteroatoms. The number of rotatable bonds is 4. The van der Waals surface area contributed by atoms with Crippen LogP contribution in [0.2, 0.25) is 0 Å². The molecule has 166 valence electrons. The quantitative estimate of drug-likeness (QED) is 0.374.